The van der Waals surface area contributed by atoms with Gasteiger partial charge < -0.3 is 10.1 Å². The smallest absolute Gasteiger partial charge is 0.339 e. The van der Waals surface area contributed by atoms with Crippen molar-refractivity contribution in [2.45, 2.75) is 19.4 Å². The van der Waals surface area contributed by atoms with Crippen LogP contribution in [0.3, 0.4) is 0 Å². The molecule has 0 radical (unpaired) electrons. The van der Waals surface area contributed by atoms with E-state index in [-0.39, 0.29) is 22.7 Å². The van der Waals surface area contributed by atoms with Gasteiger partial charge in [0.25, 0.3) is 0 Å². The number of carbonyl (C=O) groups excluding carboxylic acids is 2. The Hall–Kier alpha value is -2.29. The number of carbonyl (C=O) groups is 2. The van der Waals surface area contributed by atoms with Crippen molar-refractivity contribution >= 4 is 56.5 Å². The monoisotopic (exact) mass is 458 g/mol. The minimum atomic E-state index is -3.78. The Labute approximate surface area is 179 Å². The fourth-order valence-corrected chi connectivity index (χ4v) is 4.28. The normalized spacial score (nSPS) is 12.2. The van der Waals surface area contributed by atoms with Crippen LogP contribution < -0.4 is 9.62 Å². The molecule has 0 heterocycles. The molecule has 2 aromatic rings. The van der Waals surface area contributed by atoms with Gasteiger partial charge in [-0.25, -0.2) is 13.2 Å². The maximum absolute atomic E-state index is 12.9. The largest absolute Gasteiger partial charge is 0.465 e. The van der Waals surface area contributed by atoms with Crippen molar-refractivity contribution in [2.24, 2.45) is 0 Å². The molecule has 10 heteroatoms. The van der Waals surface area contributed by atoms with Crippen molar-refractivity contribution in [3.8, 4) is 0 Å². The number of rotatable bonds is 7. The fraction of sp³-hybridized carbons (Fsp3) is 0.263. The highest BCUT2D eigenvalue weighted by atomic mass is 35.5. The Bertz CT molecular complexity index is 1010. The number of nitrogens with zero attached hydrogens (tertiary/aromatic N) is 1. The first kappa shape index (κ1) is 23.0. The Morgan fingerprint density at radius 2 is 1.76 bits per heavy atom. The third-order valence-corrected chi connectivity index (χ3v) is 5.81. The standard InChI is InChI=1S/C19H20Cl2N2O5S/c1-4-17(23(29(3,26)27)14-8-5-12(20)6-9-14)18(24)22-13-7-10-16(21)15(11-13)19(25)28-2/h5-11,17H,4H2,1-3H3,(H,22,24)/t17-/m1/s1. The van der Waals surface area contributed by atoms with E-state index in [1.165, 1.54) is 37.4 Å². The molecule has 1 atom stereocenters. The number of benzene rings is 2. The minimum Gasteiger partial charge on any atom is -0.465 e. The number of hydrogen-bond acceptors (Lipinski definition) is 5. The molecule has 0 aliphatic heterocycles. The number of hydrogen-bond donors (Lipinski definition) is 1. The van der Waals surface area contributed by atoms with Crippen molar-refractivity contribution in [3.05, 3.63) is 58.1 Å². The van der Waals surface area contributed by atoms with Gasteiger partial charge in [-0.2, -0.15) is 0 Å². The van der Waals surface area contributed by atoms with Crippen molar-refractivity contribution in [3.63, 3.8) is 0 Å². The van der Waals surface area contributed by atoms with Crippen LogP contribution in [0.5, 0.6) is 0 Å². The summed E-state index contributed by atoms with van der Waals surface area (Å²) in [7, 11) is -2.56. The third kappa shape index (κ3) is 5.62. The zero-order chi connectivity index (χ0) is 21.8. The molecular weight excluding hydrogens is 439 g/mol. The molecule has 1 N–H and O–H groups in total. The number of anilines is 2. The van der Waals surface area contributed by atoms with E-state index < -0.39 is 27.9 Å². The molecule has 0 spiro atoms. The maximum atomic E-state index is 12.9. The average molecular weight is 459 g/mol. The summed E-state index contributed by atoms with van der Waals surface area (Å²) < 4.78 is 30.6. The third-order valence-electron chi connectivity index (χ3n) is 4.05. The number of esters is 1. The SMILES string of the molecule is CC[C@H](C(=O)Nc1ccc(Cl)c(C(=O)OC)c1)N(c1ccc(Cl)cc1)S(C)(=O)=O. The van der Waals surface area contributed by atoms with Crippen molar-refractivity contribution < 1.29 is 22.7 Å². The van der Waals surface area contributed by atoms with Crippen molar-refractivity contribution in [2.75, 3.05) is 23.0 Å². The lowest BCUT2D eigenvalue weighted by Gasteiger charge is -2.30. The molecule has 2 aromatic carbocycles. The predicted molar refractivity (Wildman–Crippen MR) is 114 cm³/mol. The average Bonchev–Trinajstić information content (AvgIpc) is 2.66. The first-order valence-electron chi connectivity index (χ1n) is 8.52. The van der Waals surface area contributed by atoms with E-state index in [0.29, 0.717) is 10.7 Å². The summed E-state index contributed by atoms with van der Waals surface area (Å²) in [6.07, 6.45) is 1.23. The number of methoxy groups -OCH3 is 1. The molecule has 7 nitrogen and oxygen atoms in total. The van der Waals surface area contributed by atoms with E-state index in [0.717, 1.165) is 10.6 Å². The topological polar surface area (TPSA) is 92.8 Å². The summed E-state index contributed by atoms with van der Waals surface area (Å²) in [6, 6.07) is 9.43. The van der Waals surface area contributed by atoms with E-state index in [1.54, 1.807) is 19.1 Å². The molecule has 156 valence electrons. The fourth-order valence-electron chi connectivity index (χ4n) is 2.74. The molecule has 0 bridgehead atoms. The van der Waals surface area contributed by atoms with Crippen LogP contribution in [0.15, 0.2) is 42.5 Å². The van der Waals surface area contributed by atoms with Gasteiger partial charge in [0.2, 0.25) is 15.9 Å². The molecule has 0 saturated carbocycles. The minimum absolute atomic E-state index is 0.0812. The number of ether oxygens (including phenoxy) is 1. The Morgan fingerprint density at radius 1 is 1.14 bits per heavy atom. The summed E-state index contributed by atoms with van der Waals surface area (Å²) in [5.74, 6) is -1.22. The summed E-state index contributed by atoms with van der Waals surface area (Å²) >= 11 is 11.9. The molecule has 0 aliphatic carbocycles. The zero-order valence-electron chi connectivity index (χ0n) is 16.0. The van der Waals surface area contributed by atoms with Gasteiger partial charge in [0.1, 0.15) is 6.04 Å². The van der Waals surface area contributed by atoms with E-state index in [1.807, 2.05) is 0 Å². The van der Waals surface area contributed by atoms with Gasteiger partial charge in [0.05, 0.1) is 29.6 Å². The maximum Gasteiger partial charge on any atom is 0.339 e. The molecule has 0 aromatic heterocycles. The lowest BCUT2D eigenvalue weighted by molar-refractivity contribution is -0.117. The zero-order valence-corrected chi connectivity index (χ0v) is 18.3. The Kier molecular flexibility index (Phi) is 7.51. The van der Waals surface area contributed by atoms with E-state index in [9.17, 15) is 18.0 Å². The molecule has 1 amide bonds. The quantitative estimate of drug-likeness (QED) is 0.633. The number of amides is 1. The summed E-state index contributed by atoms with van der Waals surface area (Å²) in [4.78, 5) is 24.7. The number of sulfonamides is 1. The first-order chi connectivity index (χ1) is 13.6. The highest BCUT2D eigenvalue weighted by Gasteiger charge is 2.31. The van der Waals surface area contributed by atoms with Gasteiger partial charge in [-0.15, -0.1) is 0 Å². The molecule has 2 rings (SSSR count). The van der Waals surface area contributed by atoms with Crippen LogP contribution in [0.1, 0.15) is 23.7 Å². The number of nitrogens with one attached hydrogen (secondary N) is 1. The first-order valence-corrected chi connectivity index (χ1v) is 11.1. The van der Waals surface area contributed by atoms with Crippen molar-refractivity contribution in [1.29, 1.82) is 0 Å². The predicted octanol–water partition coefficient (Wildman–Crippen LogP) is 3.96. The molecule has 0 saturated heterocycles. The van der Waals surface area contributed by atoms with Crippen LogP contribution in [0, 0.1) is 0 Å². The van der Waals surface area contributed by atoms with Crippen molar-refractivity contribution in [1.82, 2.24) is 0 Å². The second-order valence-corrected chi connectivity index (χ2v) is 8.84. The Morgan fingerprint density at radius 3 is 2.28 bits per heavy atom. The second kappa shape index (κ2) is 9.47. The molecule has 29 heavy (non-hydrogen) atoms. The second-order valence-electron chi connectivity index (χ2n) is 6.13. The van der Waals surface area contributed by atoms with E-state index in [2.05, 4.69) is 10.1 Å². The highest BCUT2D eigenvalue weighted by Crippen LogP contribution is 2.26. The molecular formula is C19H20Cl2N2O5S. The molecule has 0 fully saturated rings. The van der Waals surface area contributed by atoms with Crippen LogP contribution in [0.25, 0.3) is 0 Å². The van der Waals surface area contributed by atoms with Gasteiger partial charge in [0.15, 0.2) is 0 Å². The van der Waals surface area contributed by atoms with Gasteiger partial charge in [-0.1, -0.05) is 30.1 Å². The van der Waals surface area contributed by atoms with Gasteiger partial charge in [-0.3, -0.25) is 9.10 Å². The number of halogens is 2. The molecule has 0 aliphatic rings. The summed E-state index contributed by atoms with van der Waals surface area (Å²) in [6.45, 7) is 1.69. The van der Waals surface area contributed by atoms with Gasteiger partial charge in [-0.05, 0) is 48.9 Å². The van der Waals surface area contributed by atoms with E-state index >= 15 is 0 Å². The van der Waals surface area contributed by atoms with Crippen LogP contribution in [-0.2, 0) is 19.6 Å². The van der Waals surface area contributed by atoms with Crippen LogP contribution >= 0.6 is 23.2 Å². The van der Waals surface area contributed by atoms with E-state index in [4.69, 9.17) is 23.2 Å². The van der Waals surface area contributed by atoms with Gasteiger partial charge in [0, 0.05) is 10.7 Å². The summed E-state index contributed by atoms with van der Waals surface area (Å²) in [5.41, 5.74) is 0.672. The molecule has 0 unspecified atom stereocenters. The van der Waals surface area contributed by atoms with Crippen LogP contribution in [0.2, 0.25) is 10.0 Å². The lowest BCUT2D eigenvalue weighted by Crippen LogP contribution is -2.47. The summed E-state index contributed by atoms with van der Waals surface area (Å²) in [5, 5.41) is 3.24. The lowest BCUT2D eigenvalue weighted by atomic mass is 10.1. The highest BCUT2D eigenvalue weighted by molar-refractivity contribution is 7.92. The van der Waals surface area contributed by atoms with Crippen LogP contribution in [0.4, 0.5) is 11.4 Å². The van der Waals surface area contributed by atoms with Gasteiger partial charge >= 0.3 is 5.97 Å². The Balaban J connectivity index is 2.37. The van der Waals surface area contributed by atoms with Crippen LogP contribution in [-0.4, -0.2) is 39.7 Å².